The van der Waals surface area contributed by atoms with Crippen molar-refractivity contribution in [2.24, 2.45) is 0 Å². The van der Waals surface area contributed by atoms with Crippen molar-refractivity contribution in [2.45, 2.75) is 0 Å². The minimum atomic E-state index is -1.09. The van der Waals surface area contributed by atoms with E-state index in [1.165, 1.54) is 24.5 Å². The van der Waals surface area contributed by atoms with Crippen LogP contribution < -0.4 is 4.90 Å². The van der Waals surface area contributed by atoms with Crippen LogP contribution in [0.3, 0.4) is 0 Å². The molecule has 8 heteroatoms. The molecule has 2 aromatic heterocycles. The lowest BCUT2D eigenvalue weighted by molar-refractivity contribution is -0.131. The summed E-state index contributed by atoms with van der Waals surface area (Å²) in [5.74, 6) is -2.10. The van der Waals surface area contributed by atoms with E-state index in [4.69, 9.17) is 5.11 Å². The maximum absolute atomic E-state index is 12.2. The van der Waals surface area contributed by atoms with Crippen LogP contribution in [-0.4, -0.2) is 32.9 Å². The fraction of sp³-hybridized carbons (Fsp3) is 0. The van der Waals surface area contributed by atoms with Gasteiger partial charge < -0.3 is 5.11 Å². The number of fused-ring (bicyclic) bond motifs is 1. The Kier molecular flexibility index (Phi) is 3.07. The molecule has 2 amide bonds. The first-order valence-electron chi connectivity index (χ1n) is 5.78. The van der Waals surface area contributed by atoms with Gasteiger partial charge in [0.2, 0.25) is 0 Å². The molecular formula is C13H7N3O4S. The number of imide groups is 1. The lowest BCUT2D eigenvalue weighted by Crippen LogP contribution is -2.29. The second-order valence-electron chi connectivity index (χ2n) is 4.06. The fourth-order valence-electron chi connectivity index (χ4n) is 1.85. The largest absolute Gasteiger partial charge is 0.478 e. The van der Waals surface area contributed by atoms with Gasteiger partial charge in [-0.05, 0) is 18.2 Å². The monoisotopic (exact) mass is 301 g/mol. The van der Waals surface area contributed by atoms with Crippen molar-refractivity contribution in [3.63, 3.8) is 0 Å². The third-order valence-electron chi connectivity index (χ3n) is 2.74. The molecule has 0 bridgehead atoms. The topological polar surface area (TPSA) is 100 Å². The van der Waals surface area contributed by atoms with Gasteiger partial charge in [-0.3, -0.25) is 14.6 Å². The molecule has 1 aliphatic rings. The second kappa shape index (κ2) is 4.91. The van der Waals surface area contributed by atoms with Crippen molar-refractivity contribution in [3.05, 3.63) is 46.7 Å². The summed E-state index contributed by atoms with van der Waals surface area (Å²) in [4.78, 5) is 44.2. The highest BCUT2D eigenvalue weighted by Crippen LogP contribution is 2.30. The number of amides is 2. The molecule has 1 N–H and O–H groups in total. The van der Waals surface area contributed by atoms with Crippen LogP contribution >= 0.6 is 11.3 Å². The van der Waals surface area contributed by atoms with Gasteiger partial charge in [-0.1, -0.05) is 11.3 Å². The Morgan fingerprint density at radius 3 is 2.81 bits per heavy atom. The first kappa shape index (κ1) is 13.1. The molecule has 0 fully saturated rings. The third-order valence-corrected chi connectivity index (χ3v) is 3.69. The molecule has 0 saturated carbocycles. The molecular weight excluding hydrogens is 294 g/mol. The van der Waals surface area contributed by atoms with Crippen molar-refractivity contribution in [2.75, 3.05) is 4.90 Å². The number of aromatic nitrogens is 2. The highest BCUT2D eigenvalue weighted by Gasteiger charge is 2.39. The van der Waals surface area contributed by atoms with Gasteiger partial charge in [0.25, 0.3) is 11.8 Å². The predicted molar refractivity (Wildman–Crippen MR) is 74.2 cm³/mol. The number of thiazole rings is 1. The Balaban J connectivity index is 1.94. The summed E-state index contributed by atoms with van der Waals surface area (Å²) < 4.78 is 0. The third kappa shape index (κ3) is 2.21. The zero-order valence-corrected chi connectivity index (χ0v) is 11.2. The summed E-state index contributed by atoms with van der Waals surface area (Å²) in [6.45, 7) is 0. The van der Waals surface area contributed by atoms with Gasteiger partial charge >= 0.3 is 5.97 Å². The molecule has 0 saturated heterocycles. The molecule has 7 nitrogen and oxygen atoms in total. The van der Waals surface area contributed by atoms with Crippen molar-refractivity contribution in [1.82, 2.24) is 9.97 Å². The van der Waals surface area contributed by atoms with Gasteiger partial charge in [0, 0.05) is 23.3 Å². The number of hydrogen-bond donors (Lipinski definition) is 1. The van der Waals surface area contributed by atoms with E-state index in [0.29, 0.717) is 4.88 Å². The minimum absolute atomic E-state index is 0.0975. The molecule has 0 aromatic carbocycles. The van der Waals surface area contributed by atoms with Crippen molar-refractivity contribution in [1.29, 1.82) is 0 Å². The van der Waals surface area contributed by atoms with Gasteiger partial charge in [0.15, 0.2) is 5.13 Å². The summed E-state index contributed by atoms with van der Waals surface area (Å²) in [6.07, 6.45) is 5.15. The second-order valence-corrected chi connectivity index (χ2v) is 5.10. The van der Waals surface area contributed by atoms with Gasteiger partial charge in [-0.2, -0.15) is 0 Å². The average Bonchev–Trinajstić information content (AvgIpc) is 3.02. The fourth-order valence-corrected chi connectivity index (χ4v) is 2.67. The molecule has 104 valence electrons. The van der Waals surface area contributed by atoms with E-state index in [1.807, 2.05) is 0 Å². The smallest absolute Gasteiger partial charge is 0.328 e. The van der Waals surface area contributed by atoms with Crippen LogP contribution in [0.4, 0.5) is 5.13 Å². The Morgan fingerprint density at radius 2 is 2.10 bits per heavy atom. The summed E-state index contributed by atoms with van der Waals surface area (Å²) in [6, 6.07) is 3.11. The van der Waals surface area contributed by atoms with Crippen molar-refractivity contribution >= 4 is 40.3 Å². The number of anilines is 1. The van der Waals surface area contributed by atoms with Crippen LogP contribution in [0.25, 0.3) is 6.08 Å². The van der Waals surface area contributed by atoms with Crippen LogP contribution in [0.1, 0.15) is 25.7 Å². The van der Waals surface area contributed by atoms with Crippen LogP contribution in [0.5, 0.6) is 0 Å². The Hall–Kier alpha value is -2.87. The quantitative estimate of drug-likeness (QED) is 0.680. The minimum Gasteiger partial charge on any atom is -0.478 e. The highest BCUT2D eigenvalue weighted by atomic mass is 32.1. The molecule has 0 spiro atoms. The maximum Gasteiger partial charge on any atom is 0.328 e. The highest BCUT2D eigenvalue weighted by molar-refractivity contribution is 7.16. The van der Waals surface area contributed by atoms with E-state index >= 15 is 0 Å². The number of carbonyl (C=O) groups is 3. The SMILES string of the molecule is O=C(O)C=Cc1cnc(N2C(=O)c3cccnc3C2=O)s1. The summed E-state index contributed by atoms with van der Waals surface area (Å²) in [5, 5.41) is 8.75. The maximum atomic E-state index is 12.2. The first-order chi connectivity index (χ1) is 10.1. The molecule has 0 atom stereocenters. The van der Waals surface area contributed by atoms with Gasteiger partial charge in [0.05, 0.1) is 5.56 Å². The number of carboxylic acids is 1. The van der Waals surface area contributed by atoms with Gasteiger partial charge in [-0.15, -0.1) is 0 Å². The molecule has 0 unspecified atom stereocenters. The predicted octanol–water partition coefficient (Wildman–Crippen LogP) is 1.44. The lowest BCUT2D eigenvalue weighted by Gasteiger charge is -2.07. The van der Waals surface area contributed by atoms with E-state index in [2.05, 4.69) is 9.97 Å². The Morgan fingerprint density at radius 1 is 1.29 bits per heavy atom. The molecule has 3 rings (SSSR count). The van der Waals surface area contributed by atoms with Crippen LogP contribution in [0.2, 0.25) is 0 Å². The number of pyridine rings is 1. The molecule has 0 radical (unpaired) electrons. The van der Waals surface area contributed by atoms with E-state index in [-0.39, 0.29) is 16.4 Å². The molecule has 3 heterocycles. The number of hydrogen-bond acceptors (Lipinski definition) is 6. The van der Waals surface area contributed by atoms with Gasteiger partial charge in [-0.25, -0.2) is 14.7 Å². The number of carbonyl (C=O) groups excluding carboxylic acids is 2. The van der Waals surface area contributed by atoms with E-state index in [0.717, 1.165) is 22.3 Å². The summed E-state index contributed by atoms with van der Waals surface area (Å²) in [7, 11) is 0. The number of carboxylic acid groups (broad SMARTS) is 1. The number of nitrogens with zero attached hydrogens (tertiary/aromatic N) is 3. The standard InChI is InChI=1S/C13H7N3O4S/c17-9(18)4-3-7-6-15-13(21-7)16-11(19)8-2-1-5-14-10(8)12(16)20/h1-6H,(H,17,18). The van der Waals surface area contributed by atoms with E-state index in [9.17, 15) is 14.4 Å². The average molecular weight is 301 g/mol. The van der Waals surface area contributed by atoms with Gasteiger partial charge in [0.1, 0.15) is 5.69 Å². The Bertz CT molecular complexity index is 761. The molecule has 2 aromatic rings. The van der Waals surface area contributed by atoms with E-state index < -0.39 is 17.8 Å². The van der Waals surface area contributed by atoms with E-state index in [1.54, 1.807) is 6.07 Å². The molecule has 21 heavy (non-hydrogen) atoms. The summed E-state index contributed by atoms with van der Waals surface area (Å²) >= 11 is 1.05. The lowest BCUT2D eigenvalue weighted by atomic mass is 10.2. The first-order valence-corrected chi connectivity index (χ1v) is 6.60. The Labute approximate surface area is 122 Å². The zero-order valence-electron chi connectivity index (χ0n) is 10.4. The molecule has 0 aliphatic carbocycles. The number of rotatable bonds is 3. The molecule has 1 aliphatic heterocycles. The van der Waals surface area contributed by atoms with Crippen molar-refractivity contribution in [3.8, 4) is 0 Å². The zero-order chi connectivity index (χ0) is 15.0. The van der Waals surface area contributed by atoms with Crippen LogP contribution in [-0.2, 0) is 4.79 Å². The van der Waals surface area contributed by atoms with Crippen molar-refractivity contribution < 1.29 is 19.5 Å². The normalized spacial score (nSPS) is 14.0. The summed E-state index contributed by atoms with van der Waals surface area (Å²) in [5.41, 5.74) is 0.334. The number of aliphatic carboxylic acids is 1. The van der Waals surface area contributed by atoms with Crippen LogP contribution in [0, 0.1) is 0 Å². The van der Waals surface area contributed by atoms with Crippen LogP contribution in [0.15, 0.2) is 30.6 Å².